The first-order valence-electron chi connectivity index (χ1n) is 12.6. The number of benzene rings is 2. The molecule has 1 radical (unpaired) electrons. The minimum absolute atomic E-state index is 0. The summed E-state index contributed by atoms with van der Waals surface area (Å²) in [6.45, 7) is 12.0. The van der Waals surface area contributed by atoms with Gasteiger partial charge in [0, 0.05) is 25.9 Å². The van der Waals surface area contributed by atoms with E-state index in [9.17, 15) is 8.42 Å². The minimum Gasteiger partial charge on any atom is -0.540 e. The van der Waals surface area contributed by atoms with Gasteiger partial charge >= 0.3 is 0 Å². The quantitative estimate of drug-likeness (QED) is 0.270. The van der Waals surface area contributed by atoms with Crippen molar-refractivity contribution in [1.82, 2.24) is 0 Å². The third-order valence-electron chi connectivity index (χ3n) is 7.86. The zero-order valence-corrected chi connectivity index (χ0v) is 27.5. The van der Waals surface area contributed by atoms with Crippen molar-refractivity contribution in [3.05, 3.63) is 61.0 Å². The van der Waals surface area contributed by atoms with Gasteiger partial charge in [-0.05, 0) is 66.0 Å². The average molecular weight is 724 g/mol. The average Bonchev–Trinajstić information content (AvgIpc) is 3.01. The number of nitrogens with zero attached hydrogens (tertiary/aromatic N) is 1. The van der Waals surface area contributed by atoms with Crippen molar-refractivity contribution in [3.8, 4) is 11.5 Å². The zero-order valence-electron chi connectivity index (χ0n) is 24.2. The van der Waals surface area contributed by atoms with Crippen LogP contribution >= 0.6 is 0 Å². The third-order valence-corrected chi connectivity index (χ3v) is 7.86. The number of methoxy groups -OCH3 is 2. The molecule has 1 N–H and O–H groups in total. The minimum atomic E-state index is -3.67. The van der Waals surface area contributed by atoms with Gasteiger partial charge in [0.1, 0.15) is 5.75 Å². The SMILES string of the molecule is CC1C(C)C(C)C(C)C1C.COc1ccc(N=C2CCCc3cc(OC)c[c-]c32)cc1.CS(=O)(=O)O.[CH3-].[Ir]. The summed E-state index contributed by atoms with van der Waals surface area (Å²) in [7, 11) is -0.314. The molecule has 0 heterocycles. The molecule has 0 spiro atoms. The molecule has 6 nitrogen and oxygen atoms in total. The Morgan fingerprint density at radius 2 is 1.32 bits per heavy atom. The summed E-state index contributed by atoms with van der Waals surface area (Å²) >= 11 is 0. The van der Waals surface area contributed by atoms with Gasteiger partial charge in [-0.2, -0.15) is 8.42 Å². The number of aryl methyl sites for hydroxylation is 1. The standard InChI is InChI=1S/C18H18NO2.C10H20.CH4O3S.CH3.Ir/c1-20-15-8-6-14(7-9-15)19-18-5-3-4-13-12-16(21-2)10-11-17(13)18;1-6-7(2)9(4)10(5)8(6)3;1-5(2,3)4;;/h6-10,12H,3-5H2,1-2H3;6-10H,1-5H3;1H3,(H,2,3,4);1H3;/q-1;;;-1;. The first kappa shape index (κ1) is 36.3. The molecule has 0 aromatic heterocycles. The largest absolute Gasteiger partial charge is 0.540 e. The number of hydrogen-bond acceptors (Lipinski definition) is 5. The van der Waals surface area contributed by atoms with Crippen LogP contribution in [0.1, 0.15) is 58.6 Å². The number of ether oxygens (including phenoxy) is 2. The molecule has 2 aromatic rings. The van der Waals surface area contributed by atoms with Crippen molar-refractivity contribution in [1.29, 1.82) is 0 Å². The maximum absolute atomic E-state index is 9.19. The molecule has 1 fully saturated rings. The molecule has 0 aliphatic heterocycles. The maximum Gasteiger partial charge on any atom is 0.261 e. The van der Waals surface area contributed by atoms with Gasteiger partial charge in [-0.25, -0.2) is 0 Å². The molecule has 2 aromatic carbocycles. The fraction of sp³-hybridized carbons (Fsp3) is 0.533. The van der Waals surface area contributed by atoms with Gasteiger partial charge in [0.2, 0.25) is 0 Å². The van der Waals surface area contributed by atoms with Gasteiger partial charge in [-0.15, -0.1) is 29.3 Å². The van der Waals surface area contributed by atoms with Crippen LogP contribution in [0.2, 0.25) is 0 Å². The van der Waals surface area contributed by atoms with E-state index < -0.39 is 10.1 Å². The second kappa shape index (κ2) is 16.4. The van der Waals surface area contributed by atoms with E-state index in [2.05, 4.69) is 46.8 Å². The molecule has 2 aliphatic rings. The predicted molar refractivity (Wildman–Crippen MR) is 154 cm³/mol. The fourth-order valence-corrected chi connectivity index (χ4v) is 5.00. The van der Waals surface area contributed by atoms with Crippen molar-refractivity contribution in [2.24, 2.45) is 34.6 Å². The van der Waals surface area contributed by atoms with Crippen molar-refractivity contribution in [3.63, 3.8) is 0 Å². The summed E-state index contributed by atoms with van der Waals surface area (Å²) in [5, 5.41) is 0. The molecule has 8 heteroatoms. The van der Waals surface area contributed by atoms with E-state index in [0.29, 0.717) is 6.26 Å². The van der Waals surface area contributed by atoms with E-state index in [4.69, 9.17) is 19.0 Å². The van der Waals surface area contributed by atoms with E-state index in [0.717, 1.165) is 77.3 Å². The van der Waals surface area contributed by atoms with E-state index in [-0.39, 0.29) is 27.5 Å². The molecule has 38 heavy (non-hydrogen) atoms. The normalized spacial score (nSPS) is 24.8. The van der Waals surface area contributed by atoms with E-state index in [1.54, 1.807) is 14.2 Å². The Kier molecular flexibility index (Phi) is 15.6. The number of fused-ring (bicyclic) bond motifs is 1. The summed E-state index contributed by atoms with van der Waals surface area (Å²) in [5.74, 6) is 6.38. The van der Waals surface area contributed by atoms with E-state index >= 15 is 0 Å². The molecule has 0 amide bonds. The zero-order chi connectivity index (χ0) is 27.0. The Morgan fingerprint density at radius 3 is 1.74 bits per heavy atom. The van der Waals surface area contributed by atoms with Crippen molar-refractivity contribution in [2.75, 3.05) is 20.5 Å². The van der Waals surface area contributed by atoms with Gasteiger partial charge < -0.3 is 21.9 Å². The van der Waals surface area contributed by atoms with Crippen LogP contribution in [0.15, 0.2) is 41.4 Å². The summed E-state index contributed by atoms with van der Waals surface area (Å²) in [6.07, 6.45) is 3.88. The van der Waals surface area contributed by atoms with Crippen LogP contribution in [-0.2, 0) is 36.6 Å². The van der Waals surface area contributed by atoms with E-state index in [1.807, 2.05) is 30.3 Å². The molecule has 1 saturated carbocycles. The van der Waals surface area contributed by atoms with Gasteiger partial charge in [-0.3, -0.25) is 4.55 Å². The smallest absolute Gasteiger partial charge is 0.261 e. The Hall–Kier alpha value is -1.73. The number of aliphatic imine (C=N–C) groups is 1. The van der Waals surface area contributed by atoms with Gasteiger partial charge in [0.25, 0.3) is 10.1 Å². The van der Waals surface area contributed by atoms with Crippen LogP contribution in [0.5, 0.6) is 11.5 Å². The fourth-order valence-electron chi connectivity index (χ4n) is 5.00. The van der Waals surface area contributed by atoms with Crippen LogP contribution in [-0.4, -0.2) is 39.2 Å². The summed E-state index contributed by atoms with van der Waals surface area (Å²) < 4.78 is 36.3. The van der Waals surface area contributed by atoms with Crippen LogP contribution in [0.4, 0.5) is 5.69 Å². The van der Waals surface area contributed by atoms with Crippen LogP contribution < -0.4 is 9.47 Å². The summed E-state index contributed by atoms with van der Waals surface area (Å²) in [6, 6.07) is 15.1. The first-order valence-corrected chi connectivity index (χ1v) is 14.4. The molecule has 0 bridgehead atoms. The predicted octanol–water partition coefficient (Wildman–Crippen LogP) is 7.09. The Morgan fingerprint density at radius 1 is 0.868 bits per heavy atom. The van der Waals surface area contributed by atoms with Crippen molar-refractivity contribution < 1.29 is 42.5 Å². The summed E-state index contributed by atoms with van der Waals surface area (Å²) in [4.78, 5) is 4.78. The van der Waals surface area contributed by atoms with Crippen LogP contribution in [0, 0.1) is 43.1 Å². The van der Waals surface area contributed by atoms with Crippen molar-refractivity contribution >= 4 is 21.5 Å². The van der Waals surface area contributed by atoms with E-state index in [1.165, 1.54) is 5.56 Å². The molecule has 0 atom stereocenters. The molecular weight excluding hydrogens is 679 g/mol. The van der Waals surface area contributed by atoms with Crippen LogP contribution in [0.25, 0.3) is 0 Å². The van der Waals surface area contributed by atoms with Gasteiger partial charge in [-0.1, -0.05) is 47.5 Å². The van der Waals surface area contributed by atoms with Crippen molar-refractivity contribution in [2.45, 2.75) is 53.9 Å². The molecule has 2 aliphatic carbocycles. The number of hydrogen-bond donors (Lipinski definition) is 1. The monoisotopic (exact) mass is 724 g/mol. The molecule has 4 rings (SSSR count). The Balaban J connectivity index is 0.000000678. The number of rotatable bonds is 3. The molecule has 0 saturated heterocycles. The molecule has 0 unspecified atom stereocenters. The summed E-state index contributed by atoms with van der Waals surface area (Å²) in [5.41, 5.74) is 4.44. The second-order valence-corrected chi connectivity index (χ2v) is 11.5. The maximum atomic E-state index is 9.19. The van der Waals surface area contributed by atoms with Crippen LogP contribution in [0.3, 0.4) is 0 Å². The second-order valence-electron chi connectivity index (χ2n) is 10.1. The Labute approximate surface area is 244 Å². The van der Waals surface area contributed by atoms with Gasteiger partial charge in [0.15, 0.2) is 0 Å². The third kappa shape index (κ3) is 10.8. The topological polar surface area (TPSA) is 85.2 Å². The van der Waals surface area contributed by atoms with Gasteiger partial charge in [0.05, 0.1) is 26.2 Å². The molecular formula is C30H45IrNO5S-2. The first-order chi connectivity index (χ1) is 16.8. The molecule has 217 valence electrons. The Bertz CT molecular complexity index is 1070.